The maximum atomic E-state index is 6.20. The molecule has 0 saturated carbocycles. The van der Waals surface area contributed by atoms with Crippen LogP contribution >= 0.6 is 0 Å². The summed E-state index contributed by atoms with van der Waals surface area (Å²) in [5, 5.41) is 2.33. The van der Waals surface area contributed by atoms with Crippen LogP contribution in [0.1, 0.15) is 5.56 Å². The summed E-state index contributed by atoms with van der Waals surface area (Å²) in [6, 6.07) is 31.9. The third-order valence-electron chi connectivity index (χ3n) is 4.96. The summed E-state index contributed by atoms with van der Waals surface area (Å²) in [6.45, 7) is 2.11. The second-order valence-electron chi connectivity index (χ2n) is 6.73. The van der Waals surface area contributed by atoms with E-state index in [1.165, 1.54) is 33.0 Å². The minimum absolute atomic E-state index is 0.935. The van der Waals surface area contributed by atoms with Gasteiger partial charge in [-0.15, -0.1) is 0 Å². The molecular formula is C25H18O. The monoisotopic (exact) mass is 334 g/mol. The first-order valence-corrected chi connectivity index (χ1v) is 8.87. The highest BCUT2D eigenvalue weighted by atomic mass is 16.3. The van der Waals surface area contributed by atoms with E-state index in [9.17, 15) is 0 Å². The van der Waals surface area contributed by atoms with Crippen LogP contribution in [0, 0.1) is 6.92 Å². The lowest BCUT2D eigenvalue weighted by molar-refractivity contribution is 0.670. The standard InChI is InChI=1S/C25H18O/c1-17-12-14-18(15-13-17)19-6-4-7-20(16-19)21-9-5-10-23-22-8-2-3-11-24(22)26-25(21)23/h2-16H,1H3. The van der Waals surface area contributed by atoms with Gasteiger partial charge in [0, 0.05) is 16.3 Å². The SMILES string of the molecule is Cc1ccc(-c2cccc(-c3cccc4c3oc3ccccc34)c2)cc1. The molecule has 0 bridgehead atoms. The Morgan fingerprint density at radius 2 is 1.31 bits per heavy atom. The fourth-order valence-corrected chi connectivity index (χ4v) is 3.59. The van der Waals surface area contributed by atoms with E-state index in [-0.39, 0.29) is 0 Å². The van der Waals surface area contributed by atoms with Crippen LogP contribution in [0.4, 0.5) is 0 Å². The van der Waals surface area contributed by atoms with Crippen molar-refractivity contribution < 1.29 is 4.42 Å². The van der Waals surface area contributed by atoms with Gasteiger partial charge in [-0.1, -0.05) is 84.4 Å². The Balaban J connectivity index is 1.71. The smallest absolute Gasteiger partial charge is 0.143 e. The fraction of sp³-hybridized carbons (Fsp3) is 0.0400. The summed E-state index contributed by atoms with van der Waals surface area (Å²) in [4.78, 5) is 0. The number of hydrogen-bond acceptors (Lipinski definition) is 1. The van der Waals surface area contributed by atoms with Gasteiger partial charge in [0.1, 0.15) is 11.2 Å². The molecule has 5 aromatic rings. The largest absolute Gasteiger partial charge is 0.455 e. The highest BCUT2D eigenvalue weighted by molar-refractivity contribution is 6.09. The van der Waals surface area contributed by atoms with Crippen LogP contribution in [0.2, 0.25) is 0 Å². The molecule has 0 amide bonds. The van der Waals surface area contributed by atoms with Gasteiger partial charge in [-0.2, -0.15) is 0 Å². The van der Waals surface area contributed by atoms with Gasteiger partial charge in [0.2, 0.25) is 0 Å². The molecular weight excluding hydrogens is 316 g/mol. The molecule has 0 aliphatic rings. The number of benzene rings is 4. The number of hydrogen-bond donors (Lipinski definition) is 0. The van der Waals surface area contributed by atoms with Gasteiger partial charge < -0.3 is 4.42 Å². The quantitative estimate of drug-likeness (QED) is 0.332. The second kappa shape index (κ2) is 5.89. The molecule has 0 N–H and O–H groups in total. The summed E-state index contributed by atoms with van der Waals surface area (Å²) < 4.78 is 6.20. The molecule has 0 atom stereocenters. The molecule has 124 valence electrons. The minimum atomic E-state index is 0.935. The lowest BCUT2D eigenvalue weighted by Crippen LogP contribution is -1.82. The number of furan rings is 1. The van der Waals surface area contributed by atoms with E-state index in [0.717, 1.165) is 16.7 Å². The molecule has 4 aromatic carbocycles. The van der Waals surface area contributed by atoms with Gasteiger partial charge in [-0.3, -0.25) is 0 Å². The van der Waals surface area contributed by atoms with Crippen LogP contribution in [-0.2, 0) is 0 Å². The molecule has 0 fully saturated rings. The summed E-state index contributed by atoms with van der Waals surface area (Å²) in [5.41, 5.74) is 7.92. The minimum Gasteiger partial charge on any atom is -0.455 e. The topological polar surface area (TPSA) is 13.1 Å². The van der Waals surface area contributed by atoms with E-state index in [4.69, 9.17) is 4.42 Å². The molecule has 1 heteroatoms. The Labute approximate surface area is 152 Å². The van der Waals surface area contributed by atoms with Crippen molar-refractivity contribution in [3.05, 3.63) is 96.6 Å². The molecule has 1 nitrogen and oxygen atoms in total. The van der Waals surface area contributed by atoms with Gasteiger partial charge in [0.05, 0.1) is 0 Å². The van der Waals surface area contributed by atoms with Gasteiger partial charge >= 0.3 is 0 Å². The van der Waals surface area contributed by atoms with E-state index in [0.29, 0.717) is 0 Å². The zero-order valence-electron chi connectivity index (χ0n) is 14.6. The first kappa shape index (κ1) is 15.0. The van der Waals surface area contributed by atoms with Crippen molar-refractivity contribution in [1.82, 2.24) is 0 Å². The summed E-state index contributed by atoms with van der Waals surface area (Å²) in [7, 11) is 0. The first-order valence-electron chi connectivity index (χ1n) is 8.87. The Morgan fingerprint density at radius 1 is 0.577 bits per heavy atom. The summed E-state index contributed by atoms with van der Waals surface area (Å²) in [5.74, 6) is 0. The lowest BCUT2D eigenvalue weighted by Gasteiger charge is -2.07. The Kier molecular flexibility index (Phi) is 3.39. The van der Waals surface area contributed by atoms with E-state index in [1.807, 2.05) is 12.1 Å². The van der Waals surface area contributed by atoms with Gasteiger partial charge in [-0.05, 0) is 35.7 Å². The molecule has 0 aliphatic carbocycles. The van der Waals surface area contributed by atoms with E-state index < -0.39 is 0 Å². The molecule has 0 aliphatic heterocycles. The molecule has 0 saturated heterocycles. The van der Waals surface area contributed by atoms with E-state index in [2.05, 4.69) is 85.8 Å². The van der Waals surface area contributed by atoms with Gasteiger partial charge in [-0.25, -0.2) is 0 Å². The maximum Gasteiger partial charge on any atom is 0.143 e. The van der Waals surface area contributed by atoms with Crippen molar-refractivity contribution in [1.29, 1.82) is 0 Å². The Morgan fingerprint density at radius 3 is 2.19 bits per heavy atom. The predicted octanol–water partition coefficient (Wildman–Crippen LogP) is 7.23. The molecule has 1 heterocycles. The van der Waals surface area contributed by atoms with Crippen LogP contribution < -0.4 is 0 Å². The highest BCUT2D eigenvalue weighted by Crippen LogP contribution is 2.36. The highest BCUT2D eigenvalue weighted by Gasteiger charge is 2.12. The van der Waals surface area contributed by atoms with Gasteiger partial charge in [0.25, 0.3) is 0 Å². The van der Waals surface area contributed by atoms with Crippen LogP contribution in [-0.4, -0.2) is 0 Å². The van der Waals surface area contributed by atoms with Crippen molar-refractivity contribution in [2.75, 3.05) is 0 Å². The lowest BCUT2D eigenvalue weighted by atomic mass is 9.97. The second-order valence-corrected chi connectivity index (χ2v) is 6.73. The van der Waals surface area contributed by atoms with Crippen molar-refractivity contribution in [3.8, 4) is 22.3 Å². The van der Waals surface area contributed by atoms with Crippen molar-refractivity contribution in [2.24, 2.45) is 0 Å². The number of aryl methyl sites for hydroxylation is 1. The van der Waals surface area contributed by atoms with E-state index in [1.54, 1.807) is 0 Å². The predicted molar refractivity (Wildman–Crippen MR) is 109 cm³/mol. The average molecular weight is 334 g/mol. The number of rotatable bonds is 2. The molecule has 0 unspecified atom stereocenters. The molecule has 26 heavy (non-hydrogen) atoms. The number of fused-ring (bicyclic) bond motifs is 3. The summed E-state index contributed by atoms with van der Waals surface area (Å²) >= 11 is 0. The maximum absolute atomic E-state index is 6.20. The van der Waals surface area contributed by atoms with Crippen molar-refractivity contribution in [2.45, 2.75) is 6.92 Å². The van der Waals surface area contributed by atoms with Crippen LogP contribution in [0.3, 0.4) is 0 Å². The Bertz CT molecular complexity index is 1230. The van der Waals surface area contributed by atoms with Crippen LogP contribution in [0.25, 0.3) is 44.2 Å². The molecule has 1 aromatic heterocycles. The van der Waals surface area contributed by atoms with Gasteiger partial charge in [0.15, 0.2) is 0 Å². The first-order chi connectivity index (χ1) is 12.8. The zero-order valence-corrected chi connectivity index (χ0v) is 14.6. The van der Waals surface area contributed by atoms with Crippen LogP contribution in [0.5, 0.6) is 0 Å². The average Bonchev–Trinajstić information content (AvgIpc) is 3.07. The molecule has 0 radical (unpaired) electrons. The molecule has 0 spiro atoms. The van der Waals surface area contributed by atoms with Crippen molar-refractivity contribution in [3.63, 3.8) is 0 Å². The fourth-order valence-electron chi connectivity index (χ4n) is 3.59. The molecule has 5 rings (SSSR count). The normalized spacial score (nSPS) is 11.3. The zero-order chi connectivity index (χ0) is 17.5. The third-order valence-corrected chi connectivity index (χ3v) is 4.96. The third kappa shape index (κ3) is 2.41. The summed E-state index contributed by atoms with van der Waals surface area (Å²) in [6.07, 6.45) is 0. The van der Waals surface area contributed by atoms with Crippen LogP contribution in [0.15, 0.2) is 95.4 Å². The van der Waals surface area contributed by atoms with Crippen molar-refractivity contribution >= 4 is 21.9 Å². The van der Waals surface area contributed by atoms with E-state index >= 15 is 0 Å². The Hall–Kier alpha value is -3.32. The number of para-hydroxylation sites is 2.